The maximum atomic E-state index is 7.50. The molecule has 0 aromatic rings. The Morgan fingerprint density at radius 3 is 2.18 bits per heavy atom. The number of hydrogen-bond acceptors (Lipinski definition) is 1. The van der Waals surface area contributed by atoms with Crippen molar-refractivity contribution in [2.75, 3.05) is 0 Å². The van der Waals surface area contributed by atoms with E-state index in [1.807, 2.05) is 0 Å². The van der Waals surface area contributed by atoms with Crippen molar-refractivity contribution >= 4 is 6.79 Å². The second-order valence-electron chi connectivity index (χ2n) is 1.38. The van der Waals surface area contributed by atoms with Gasteiger partial charge in [0.15, 0.2) is 0 Å². The normalized spacial score (nSPS) is 11.5. The fourth-order valence-corrected chi connectivity index (χ4v) is 1.14. The van der Waals surface area contributed by atoms with Crippen LogP contribution in [0.25, 0.3) is 0 Å². The summed E-state index contributed by atoms with van der Waals surface area (Å²) >= 11 is 1.45. The van der Waals surface area contributed by atoms with E-state index in [2.05, 4.69) is 30.9 Å². The van der Waals surface area contributed by atoms with E-state index in [1.54, 1.807) is 0 Å². The molecule has 0 N–H and O–H groups in total. The minimum Gasteiger partial charge on any atom is -1.00 e. The Morgan fingerprint density at radius 2 is 2.00 bits per heavy atom. The van der Waals surface area contributed by atoms with Crippen molar-refractivity contribution in [3.05, 3.63) is 22.7 Å². The molecule has 0 atom stereocenters. The molecular weight excluding hydrogens is 413 g/mol. The van der Waals surface area contributed by atoms with Gasteiger partial charge in [0.05, 0.1) is 0 Å². The van der Waals surface area contributed by atoms with Gasteiger partial charge in [-0.2, -0.15) is 0 Å². The minimum atomic E-state index is 0. The van der Waals surface area contributed by atoms with Gasteiger partial charge in [0.1, 0.15) is 0 Å². The fourth-order valence-electron chi connectivity index (χ4n) is 0.535. The van der Waals surface area contributed by atoms with Crippen molar-refractivity contribution < 1.29 is 67.4 Å². The van der Waals surface area contributed by atoms with Crippen LogP contribution in [0.15, 0.2) is 22.7 Å². The van der Waals surface area contributed by atoms with Gasteiger partial charge in [0, 0.05) is 0 Å². The molecule has 0 spiro atoms. The Bertz CT molecular complexity index is 134. The molecule has 1 rings (SSSR count). The van der Waals surface area contributed by atoms with Gasteiger partial charge in [0.2, 0.25) is 0 Å². The van der Waals surface area contributed by atoms with Gasteiger partial charge in [-0.15, -0.1) is 0 Å². The molecule has 0 aromatic heterocycles. The van der Waals surface area contributed by atoms with Crippen molar-refractivity contribution in [2.24, 2.45) is 0 Å². The molecule has 0 aliphatic heterocycles. The SMILES string of the molecule is [CH3][Co+2][C]1=CC=CC1.[C]=O.[I-].[I-]. The zero-order valence-corrected chi connectivity index (χ0v) is 11.3. The van der Waals surface area contributed by atoms with Crippen LogP contribution in [-0.2, 0) is 19.5 Å². The predicted molar refractivity (Wildman–Crippen MR) is 33.4 cm³/mol. The van der Waals surface area contributed by atoms with Crippen LogP contribution >= 0.6 is 0 Å². The first-order valence-corrected chi connectivity index (χ1v) is 3.98. The third-order valence-corrected chi connectivity index (χ3v) is 1.98. The number of halogens is 2. The zero-order chi connectivity index (χ0) is 7.11. The molecule has 0 saturated carbocycles. The van der Waals surface area contributed by atoms with Crippen LogP contribution in [0.2, 0.25) is 5.86 Å². The summed E-state index contributed by atoms with van der Waals surface area (Å²) in [7, 11) is 0. The first-order valence-electron chi connectivity index (χ1n) is 2.42. The molecule has 11 heavy (non-hydrogen) atoms. The van der Waals surface area contributed by atoms with Crippen molar-refractivity contribution in [3.63, 3.8) is 0 Å². The van der Waals surface area contributed by atoms with Crippen LogP contribution in [0.4, 0.5) is 0 Å². The van der Waals surface area contributed by atoms with E-state index in [1.165, 1.54) is 25.6 Å². The van der Waals surface area contributed by atoms with E-state index >= 15 is 0 Å². The third kappa shape index (κ3) is 9.03. The molecule has 0 bridgehead atoms. The molecule has 4 heteroatoms. The Morgan fingerprint density at radius 1 is 1.45 bits per heavy atom. The summed E-state index contributed by atoms with van der Waals surface area (Å²) in [4.78, 5) is 7.50. The second kappa shape index (κ2) is 13.7. The molecule has 2 radical (unpaired) electrons. The van der Waals surface area contributed by atoms with Crippen LogP contribution in [0.3, 0.4) is 0 Å². The van der Waals surface area contributed by atoms with Crippen molar-refractivity contribution in [2.45, 2.75) is 12.3 Å². The predicted octanol–water partition coefficient (Wildman–Crippen LogP) is -4.43. The summed E-state index contributed by atoms with van der Waals surface area (Å²) in [5, 5.41) is 0. The average Bonchev–Trinajstić information content (AvgIpc) is 2.43. The van der Waals surface area contributed by atoms with Gasteiger partial charge >= 0.3 is 49.7 Å². The molecular formula is C7H8CoI2O. The van der Waals surface area contributed by atoms with Gasteiger partial charge in [-0.05, 0) is 0 Å². The molecule has 65 valence electrons. The van der Waals surface area contributed by atoms with E-state index in [-0.39, 0.29) is 48.0 Å². The zero-order valence-electron chi connectivity index (χ0n) is 5.94. The molecule has 1 nitrogen and oxygen atoms in total. The van der Waals surface area contributed by atoms with Gasteiger partial charge in [-0.3, -0.25) is 4.79 Å². The average molecular weight is 421 g/mol. The Balaban J connectivity index is -0.000000149. The number of rotatable bonds is 1. The van der Waals surface area contributed by atoms with Gasteiger partial charge in [0.25, 0.3) is 6.79 Å². The number of allylic oxidation sites excluding steroid dienone is 4. The van der Waals surface area contributed by atoms with E-state index in [0.29, 0.717) is 0 Å². The molecule has 0 fully saturated rings. The summed E-state index contributed by atoms with van der Waals surface area (Å²) in [6.07, 6.45) is 7.66. The van der Waals surface area contributed by atoms with E-state index in [4.69, 9.17) is 4.79 Å². The maximum absolute atomic E-state index is 7.50. The minimum absolute atomic E-state index is 0. The fraction of sp³-hybridized carbons (Fsp3) is 0.286. The van der Waals surface area contributed by atoms with Gasteiger partial charge in [-0.1, -0.05) is 0 Å². The first kappa shape index (κ1) is 18.0. The maximum Gasteiger partial charge on any atom is 0.281 e. The monoisotopic (exact) mass is 421 g/mol. The second-order valence-corrected chi connectivity index (χ2v) is 2.57. The molecule has 1 aliphatic rings. The van der Waals surface area contributed by atoms with E-state index in [0.717, 1.165) is 0 Å². The van der Waals surface area contributed by atoms with Gasteiger partial charge in [-0.25, -0.2) is 0 Å². The Labute approximate surface area is 108 Å². The summed E-state index contributed by atoms with van der Waals surface area (Å²) in [5.41, 5.74) is 0. The van der Waals surface area contributed by atoms with Crippen molar-refractivity contribution in [1.82, 2.24) is 0 Å². The molecule has 0 amide bonds. The van der Waals surface area contributed by atoms with Crippen LogP contribution in [0, 0.1) is 0 Å². The van der Waals surface area contributed by atoms with Crippen molar-refractivity contribution in [1.29, 1.82) is 0 Å². The van der Waals surface area contributed by atoms with Gasteiger partial charge < -0.3 is 48.0 Å². The van der Waals surface area contributed by atoms with E-state index < -0.39 is 0 Å². The summed E-state index contributed by atoms with van der Waals surface area (Å²) in [6.45, 7) is 4.50. The molecule has 0 aromatic carbocycles. The first-order chi connectivity index (χ1) is 4.43. The van der Waals surface area contributed by atoms with Crippen LogP contribution in [0.1, 0.15) is 6.42 Å². The standard InChI is InChI=1S/C5H5.CO.CH3.Co.2HI/c1-2-4-5-3-1;1-2;;;;/h1-3H,4H2;;1H3;;2*1H/q;;;+2;;/p-2. The molecule has 0 saturated heterocycles. The summed E-state index contributed by atoms with van der Waals surface area (Å²) < 4.78 is 1.52. The quantitative estimate of drug-likeness (QED) is 0.391. The Hall–Kier alpha value is 1.12. The topological polar surface area (TPSA) is 17.1 Å². The van der Waals surface area contributed by atoms with E-state index in [9.17, 15) is 0 Å². The number of hydrogen-bond donors (Lipinski definition) is 0. The van der Waals surface area contributed by atoms with Crippen LogP contribution in [0.5, 0.6) is 0 Å². The smallest absolute Gasteiger partial charge is 0.281 e. The van der Waals surface area contributed by atoms with Crippen LogP contribution < -0.4 is 48.0 Å². The molecule has 0 unspecified atom stereocenters. The Kier molecular flexibility index (Phi) is 22.4. The number of carbonyl (C=O) groups excluding carboxylic acids is 1. The molecule has 0 heterocycles. The van der Waals surface area contributed by atoms with Crippen molar-refractivity contribution in [3.8, 4) is 0 Å². The van der Waals surface area contributed by atoms with Crippen LogP contribution in [-0.4, -0.2) is 6.79 Å². The molecule has 1 aliphatic carbocycles. The largest absolute Gasteiger partial charge is 1.00 e. The third-order valence-electron chi connectivity index (χ3n) is 0.924. The summed E-state index contributed by atoms with van der Waals surface area (Å²) in [6, 6.07) is 0. The summed E-state index contributed by atoms with van der Waals surface area (Å²) in [5.74, 6) is 2.16.